The lowest BCUT2D eigenvalue weighted by atomic mass is 10.2. The number of nitro groups is 1. The summed E-state index contributed by atoms with van der Waals surface area (Å²) < 4.78 is 15.2. The number of carbonyl (C=O) groups is 2. The number of hydrogen-bond donors (Lipinski definition) is 1. The first-order valence-electron chi connectivity index (χ1n) is 8.30. The van der Waals surface area contributed by atoms with Gasteiger partial charge in [-0.3, -0.25) is 15.0 Å². The molecule has 1 heterocycles. The standard InChI is InChI=1S/C18H21N3O7/c1-18(2,3)28-16(22)20-10-12(4-9-15(20)19)11-26-17(23)27-14-7-5-13(6-8-14)21(24)25/h4-9H,10-11,19H2,1-3H3. The van der Waals surface area contributed by atoms with Gasteiger partial charge in [-0.1, -0.05) is 6.08 Å². The second-order valence-electron chi connectivity index (χ2n) is 6.87. The summed E-state index contributed by atoms with van der Waals surface area (Å²) in [5.74, 6) is 0.319. The van der Waals surface area contributed by atoms with Gasteiger partial charge in [0, 0.05) is 12.1 Å². The second-order valence-corrected chi connectivity index (χ2v) is 6.87. The van der Waals surface area contributed by atoms with Crippen LogP contribution in [0, 0.1) is 10.1 Å². The number of non-ortho nitro benzene ring substituents is 1. The van der Waals surface area contributed by atoms with Crippen molar-refractivity contribution in [3.63, 3.8) is 0 Å². The number of hydrogen-bond acceptors (Lipinski definition) is 8. The molecule has 2 rings (SSSR count). The first-order chi connectivity index (χ1) is 13.0. The van der Waals surface area contributed by atoms with E-state index >= 15 is 0 Å². The third-order valence-corrected chi connectivity index (χ3v) is 3.40. The van der Waals surface area contributed by atoms with Crippen LogP contribution < -0.4 is 10.5 Å². The first-order valence-corrected chi connectivity index (χ1v) is 8.30. The molecule has 1 aromatic carbocycles. The van der Waals surface area contributed by atoms with Gasteiger partial charge in [-0.25, -0.2) is 9.59 Å². The second kappa shape index (κ2) is 8.42. The fraction of sp³-hybridized carbons (Fsp3) is 0.333. The number of nitrogens with zero attached hydrogens (tertiary/aromatic N) is 2. The maximum Gasteiger partial charge on any atom is 0.514 e. The first kappa shape index (κ1) is 20.7. The average Bonchev–Trinajstić information content (AvgIpc) is 2.60. The van der Waals surface area contributed by atoms with Crippen LogP contribution in [0.4, 0.5) is 15.3 Å². The van der Waals surface area contributed by atoms with Gasteiger partial charge < -0.3 is 19.9 Å². The van der Waals surface area contributed by atoms with Gasteiger partial charge in [0.25, 0.3) is 5.69 Å². The van der Waals surface area contributed by atoms with Crippen LogP contribution in [-0.4, -0.2) is 40.8 Å². The minimum absolute atomic E-state index is 0.0993. The van der Waals surface area contributed by atoms with Crippen LogP contribution >= 0.6 is 0 Å². The van der Waals surface area contributed by atoms with E-state index in [0.717, 1.165) is 0 Å². The normalized spacial score (nSPS) is 13.9. The molecule has 0 saturated carbocycles. The molecule has 0 bridgehead atoms. The Balaban J connectivity index is 1.88. The Morgan fingerprint density at radius 3 is 2.43 bits per heavy atom. The fourth-order valence-corrected chi connectivity index (χ4v) is 2.13. The molecule has 10 nitrogen and oxygen atoms in total. The molecule has 10 heteroatoms. The van der Waals surface area contributed by atoms with E-state index in [-0.39, 0.29) is 30.4 Å². The van der Waals surface area contributed by atoms with Crippen molar-refractivity contribution < 1.29 is 28.7 Å². The molecule has 0 fully saturated rings. The monoisotopic (exact) mass is 391 g/mol. The predicted octanol–water partition coefficient (Wildman–Crippen LogP) is 3.09. The number of nitrogens with two attached hydrogens (primary N) is 1. The summed E-state index contributed by atoms with van der Waals surface area (Å²) in [4.78, 5) is 35.3. The van der Waals surface area contributed by atoms with E-state index in [0.29, 0.717) is 5.57 Å². The maximum atomic E-state index is 12.2. The number of amides is 1. The van der Waals surface area contributed by atoms with Crippen LogP contribution in [0.5, 0.6) is 5.75 Å². The van der Waals surface area contributed by atoms with Crippen LogP contribution in [0.2, 0.25) is 0 Å². The van der Waals surface area contributed by atoms with Gasteiger partial charge in [0.1, 0.15) is 23.8 Å². The largest absolute Gasteiger partial charge is 0.514 e. The van der Waals surface area contributed by atoms with E-state index in [1.807, 2.05) is 0 Å². The average molecular weight is 391 g/mol. The Labute approximate surface area is 161 Å². The quantitative estimate of drug-likeness (QED) is 0.358. The van der Waals surface area contributed by atoms with Crippen LogP contribution in [0.25, 0.3) is 0 Å². The number of nitro benzene ring substituents is 1. The van der Waals surface area contributed by atoms with E-state index in [1.54, 1.807) is 26.8 Å². The van der Waals surface area contributed by atoms with Crippen LogP contribution in [-0.2, 0) is 9.47 Å². The van der Waals surface area contributed by atoms with Gasteiger partial charge in [-0.2, -0.15) is 0 Å². The molecule has 0 saturated heterocycles. The predicted molar refractivity (Wildman–Crippen MR) is 98.4 cm³/mol. The van der Waals surface area contributed by atoms with Gasteiger partial charge in [-0.05, 0) is 44.6 Å². The molecular weight excluding hydrogens is 370 g/mol. The molecule has 1 aliphatic heterocycles. The lowest BCUT2D eigenvalue weighted by molar-refractivity contribution is -0.384. The number of allylic oxidation sites excluding steroid dienone is 2. The molecular formula is C18H21N3O7. The molecule has 2 N–H and O–H groups in total. The highest BCUT2D eigenvalue weighted by Gasteiger charge is 2.26. The van der Waals surface area contributed by atoms with E-state index < -0.39 is 22.8 Å². The number of rotatable bonds is 4. The molecule has 1 aliphatic rings. The van der Waals surface area contributed by atoms with Crippen molar-refractivity contribution in [2.24, 2.45) is 5.73 Å². The molecule has 1 amide bonds. The summed E-state index contributed by atoms with van der Waals surface area (Å²) in [6.07, 6.45) is 1.55. The zero-order chi connectivity index (χ0) is 20.9. The van der Waals surface area contributed by atoms with Crippen molar-refractivity contribution in [3.05, 3.63) is 57.9 Å². The molecule has 28 heavy (non-hydrogen) atoms. The summed E-state index contributed by atoms with van der Waals surface area (Å²) >= 11 is 0. The van der Waals surface area contributed by atoms with Crippen molar-refractivity contribution in [3.8, 4) is 5.75 Å². The lowest BCUT2D eigenvalue weighted by Crippen LogP contribution is -2.41. The van der Waals surface area contributed by atoms with E-state index in [2.05, 4.69) is 0 Å². The van der Waals surface area contributed by atoms with E-state index in [4.69, 9.17) is 19.9 Å². The van der Waals surface area contributed by atoms with Crippen LogP contribution in [0.1, 0.15) is 20.8 Å². The Morgan fingerprint density at radius 2 is 1.86 bits per heavy atom. The minimum atomic E-state index is -0.985. The smallest absolute Gasteiger partial charge is 0.443 e. The highest BCUT2D eigenvalue weighted by molar-refractivity contribution is 5.71. The molecule has 0 unspecified atom stereocenters. The summed E-state index contributed by atoms with van der Waals surface area (Å²) in [5.41, 5.74) is 5.61. The SMILES string of the molecule is CC(C)(C)OC(=O)N1CC(COC(=O)Oc2ccc([N+](=O)[O-])cc2)=CC=C1N. The molecule has 0 spiro atoms. The molecule has 0 aliphatic carbocycles. The van der Waals surface area contributed by atoms with Gasteiger partial charge in [-0.15, -0.1) is 0 Å². The third-order valence-electron chi connectivity index (χ3n) is 3.40. The van der Waals surface area contributed by atoms with Crippen molar-refractivity contribution in [2.75, 3.05) is 13.2 Å². The Bertz CT molecular complexity index is 823. The topological polar surface area (TPSA) is 134 Å². The summed E-state index contributed by atoms with van der Waals surface area (Å²) in [6, 6.07) is 4.98. The number of ether oxygens (including phenoxy) is 3. The highest BCUT2D eigenvalue weighted by Crippen LogP contribution is 2.19. The number of benzene rings is 1. The van der Waals surface area contributed by atoms with Crippen LogP contribution in [0.3, 0.4) is 0 Å². The van der Waals surface area contributed by atoms with Crippen LogP contribution in [0.15, 0.2) is 47.8 Å². The van der Waals surface area contributed by atoms with Crippen molar-refractivity contribution >= 4 is 17.9 Å². The fourth-order valence-electron chi connectivity index (χ4n) is 2.13. The Morgan fingerprint density at radius 1 is 1.21 bits per heavy atom. The zero-order valence-electron chi connectivity index (χ0n) is 15.7. The highest BCUT2D eigenvalue weighted by atomic mass is 16.7. The number of carbonyl (C=O) groups excluding carboxylic acids is 2. The minimum Gasteiger partial charge on any atom is -0.443 e. The Kier molecular flexibility index (Phi) is 6.24. The van der Waals surface area contributed by atoms with Gasteiger partial charge >= 0.3 is 12.2 Å². The molecule has 150 valence electrons. The van der Waals surface area contributed by atoms with Crippen molar-refractivity contribution in [1.29, 1.82) is 0 Å². The van der Waals surface area contributed by atoms with E-state index in [1.165, 1.54) is 35.2 Å². The van der Waals surface area contributed by atoms with Gasteiger partial charge in [0.2, 0.25) is 0 Å². The lowest BCUT2D eigenvalue weighted by Gasteiger charge is -2.29. The zero-order valence-corrected chi connectivity index (χ0v) is 15.7. The summed E-state index contributed by atoms with van der Waals surface area (Å²) in [5, 5.41) is 10.6. The molecule has 0 radical (unpaired) electrons. The molecule has 1 aromatic rings. The molecule has 0 aromatic heterocycles. The van der Waals surface area contributed by atoms with Crippen molar-refractivity contribution in [1.82, 2.24) is 4.90 Å². The molecule has 0 atom stereocenters. The Hall–Kier alpha value is -3.56. The van der Waals surface area contributed by atoms with E-state index in [9.17, 15) is 19.7 Å². The summed E-state index contributed by atoms with van der Waals surface area (Å²) in [7, 11) is 0. The third kappa shape index (κ3) is 6.01. The van der Waals surface area contributed by atoms with Gasteiger partial charge in [0.15, 0.2) is 0 Å². The van der Waals surface area contributed by atoms with Crippen molar-refractivity contribution in [2.45, 2.75) is 26.4 Å². The van der Waals surface area contributed by atoms with Gasteiger partial charge in [0.05, 0.1) is 11.5 Å². The maximum absolute atomic E-state index is 12.2. The summed E-state index contributed by atoms with van der Waals surface area (Å²) in [6.45, 7) is 5.19.